The average Bonchev–Trinajstić information content (AvgIpc) is 2.14. The van der Waals surface area contributed by atoms with Gasteiger partial charge in [-0.3, -0.25) is 9.09 Å². The smallest absolute Gasteiger partial charge is 0.387 e. The normalized spacial score (nSPS) is 37.2. The van der Waals surface area contributed by atoms with Crippen LogP contribution in [-0.4, -0.2) is 65.2 Å². The molecular weight excluding hydrogens is 289 g/mol. The molecule has 5 atom stereocenters. The fourth-order valence-electron chi connectivity index (χ4n) is 1.42. The van der Waals surface area contributed by atoms with Crippen LogP contribution in [-0.2, 0) is 22.9 Å². The van der Waals surface area contributed by atoms with Crippen LogP contribution in [0.2, 0.25) is 0 Å². The van der Waals surface area contributed by atoms with E-state index in [2.05, 4.69) is 9.05 Å². The first-order valence-corrected chi connectivity index (χ1v) is 8.33. The number of hydrogen-bond donors (Lipinski definition) is 4. The summed E-state index contributed by atoms with van der Waals surface area (Å²) in [6.45, 7) is 0.493. The molecule has 18 heavy (non-hydrogen) atoms. The minimum Gasteiger partial charge on any atom is -0.387 e. The summed E-state index contributed by atoms with van der Waals surface area (Å²) in [7, 11) is -3.38. The molecule has 1 aliphatic rings. The third-order valence-electron chi connectivity index (χ3n) is 2.08. The van der Waals surface area contributed by atoms with Crippen molar-refractivity contribution < 1.29 is 42.7 Å². The minimum absolute atomic E-state index is 0.382. The van der Waals surface area contributed by atoms with Crippen molar-refractivity contribution in [2.45, 2.75) is 24.3 Å². The first-order valence-electron chi connectivity index (χ1n) is 4.77. The molecule has 0 saturated carbocycles. The highest BCUT2D eigenvalue weighted by Gasteiger charge is 2.43. The molecule has 2 radical (unpaired) electrons. The molecule has 0 aromatic heterocycles. The lowest BCUT2D eigenvalue weighted by Gasteiger charge is -2.38. The third-order valence-corrected chi connectivity index (χ3v) is 3.26. The number of rotatable bonds is 4. The monoisotopic (exact) mass is 302 g/mol. The Morgan fingerprint density at radius 1 is 1.28 bits per heavy atom. The first-order chi connectivity index (χ1) is 7.99. The molecule has 1 aliphatic heterocycles. The van der Waals surface area contributed by atoms with Crippen molar-refractivity contribution in [3.05, 3.63) is 0 Å². The van der Waals surface area contributed by atoms with Crippen molar-refractivity contribution in [1.82, 2.24) is 0 Å². The Labute approximate surface area is 104 Å². The van der Waals surface area contributed by atoms with Gasteiger partial charge in [-0.1, -0.05) is 0 Å². The Morgan fingerprint density at radius 2 is 1.83 bits per heavy atom. The van der Waals surface area contributed by atoms with Crippen LogP contribution in [0.1, 0.15) is 0 Å². The van der Waals surface area contributed by atoms with E-state index in [1.54, 1.807) is 0 Å². The van der Waals surface area contributed by atoms with E-state index in [0.717, 1.165) is 6.66 Å². The highest BCUT2D eigenvalue weighted by molar-refractivity contribution is 7.51. The van der Waals surface area contributed by atoms with Gasteiger partial charge in [0, 0.05) is 12.7 Å². The van der Waals surface area contributed by atoms with Crippen LogP contribution in [0.3, 0.4) is 0 Å². The van der Waals surface area contributed by atoms with Crippen molar-refractivity contribution in [3.8, 4) is 0 Å². The molecule has 5 unspecified atom stereocenters. The predicted octanol–water partition coefficient (Wildman–Crippen LogP) is -1.45. The predicted molar refractivity (Wildman–Crippen MR) is 59.0 cm³/mol. The molecule has 0 bridgehead atoms. The quantitative estimate of drug-likeness (QED) is 0.362. The van der Waals surface area contributed by atoms with Gasteiger partial charge in [-0.05, 0) is 0 Å². The Kier molecular flexibility index (Phi) is 5.17. The summed E-state index contributed by atoms with van der Waals surface area (Å²) in [6, 6.07) is -1.21. The van der Waals surface area contributed by atoms with Gasteiger partial charge in [0.15, 0.2) is 0 Å². The number of ether oxygens (including phenoxy) is 1. The molecule has 0 amide bonds. The molecule has 0 spiro atoms. The Morgan fingerprint density at radius 3 is 2.28 bits per heavy atom. The molecule has 0 aliphatic carbocycles. The SMILES string of the molecule is [B]C1OCC(OP(=O)(O)O)C(O)C1OP(C)(=O)O. The summed E-state index contributed by atoms with van der Waals surface area (Å²) in [6.07, 6.45) is -4.46. The van der Waals surface area contributed by atoms with E-state index in [0.29, 0.717) is 0 Å². The zero-order valence-corrected chi connectivity index (χ0v) is 11.1. The van der Waals surface area contributed by atoms with E-state index in [9.17, 15) is 14.2 Å². The van der Waals surface area contributed by atoms with Gasteiger partial charge in [0.25, 0.3) is 0 Å². The number of hydrogen-bond acceptors (Lipinski definition) is 6. The van der Waals surface area contributed by atoms with Crippen LogP contribution in [0.4, 0.5) is 0 Å². The zero-order chi connectivity index (χ0) is 14.1. The average molecular weight is 302 g/mol. The van der Waals surface area contributed by atoms with Crippen LogP contribution in [0, 0.1) is 0 Å². The van der Waals surface area contributed by atoms with Crippen LogP contribution in [0.5, 0.6) is 0 Å². The zero-order valence-electron chi connectivity index (χ0n) is 9.32. The molecule has 0 aromatic carbocycles. The summed E-state index contributed by atoms with van der Waals surface area (Å²) < 4.78 is 35.5. The van der Waals surface area contributed by atoms with Crippen molar-refractivity contribution in [1.29, 1.82) is 0 Å². The van der Waals surface area contributed by atoms with Gasteiger partial charge in [0.1, 0.15) is 26.2 Å². The standard InChI is InChI=1S/C6H13BO9P2/c1-17(9,10)16-5-4(8)3(2-14-6(5)7)15-18(11,12)13/h3-6,8H,2H2,1H3,(H,9,10)(H2,11,12,13). The van der Waals surface area contributed by atoms with Gasteiger partial charge in [-0.25, -0.2) is 4.57 Å². The Bertz CT molecular complexity index is 377. The Balaban J connectivity index is 2.77. The molecule has 12 heteroatoms. The van der Waals surface area contributed by atoms with E-state index in [-0.39, 0.29) is 6.61 Å². The molecule has 1 saturated heterocycles. The summed E-state index contributed by atoms with van der Waals surface area (Å²) >= 11 is 0. The summed E-state index contributed by atoms with van der Waals surface area (Å²) in [4.78, 5) is 26.3. The summed E-state index contributed by atoms with van der Waals surface area (Å²) in [5, 5.41) is 9.74. The molecule has 4 N–H and O–H groups in total. The van der Waals surface area contributed by atoms with E-state index >= 15 is 0 Å². The lowest BCUT2D eigenvalue weighted by molar-refractivity contribution is -0.153. The first kappa shape index (κ1) is 16.3. The lowest BCUT2D eigenvalue weighted by Crippen LogP contribution is -2.54. The largest absolute Gasteiger partial charge is 0.470 e. The molecule has 1 rings (SSSR count). The maximum atomic E-state index is 11.1. The highest BCUT2D eigenvalue weighted by atomic mass is 31.2. The molecule has 1 heterocycles. The van der Waals surface area contributed by atoms with E-state index in [1.165, 1.54) is 0 Å². The second kappa shape index (κ2) is 5.70. The molecule has 1 fully saturated rings. The van der Waals surface area contributed by atoms with Crippen molar-refractivity contribution in [3.63, 3.8) is 0 Å². The van der Waals surface area contributed by atoms with E-state index in [1.807, 2.05) is 0 Å². The molecule has 9 nitrogen and oxygen atoms in total. The third kappa shape index (κ3) is 5.09. The summed E-state index contributed by atoms with van der Waals surface area (Å²) in [5.74, 6) is 0. The number of aliphatic hydroxyl groups excluding tert-OH is 1. The van der Waals surface area contributed by atoms with Gasteiger partial charge in [-0.2, -0.15) is 0 Å². The van der Waals surface area contributed by atoms with Crippen molar-refractivity contribution >= 4 is 23.3 Å². The van der Waals surface area contributed by atoms with Gasteiger partial charge in [-0.15, -0.1) is 0 Å². The maximum absolute atomic E-state index is 11.1. The second-order valence-electron chi connectivity index (χ2n) is 3.80. The Hall–Kier alpha value is 0.245. The number of phosphoric ester groups is 1. The topological polar surface area (TPSA) is 143 Å². The molecule has 104 valence electrons. The van der Waals surface area contributed by atoms with Crippen molar-refractivity contribution in [2.24, 2.45) is 0 Å². The van der Waals surface area contributed by atoms with Crippen LogP contribution in [0.15, 0.2) is 0 Å². The van der Waals surface area contributed by atoms with Crippen molar-refractivity contribution in [2.75, 3.05) is 13.3 Å². The van der Waals surface area contributed by atoms with E-state index in [4.69, 9.17) is 27.3 Å². The van der Waals surface area contributed by atoms with Gasteiger partial charge in [0.2, 0.25) is 0 Å². The number of phosphoric acid groups is 1. The highest BCUT2D eigenvalue weighted by Crippen LogP contribution is 2.43. The van der Waals surface area contributed by atoms with E-state index < -0.39 is 39.7 Å². The fourth-order valence-corrected chi connectivity index (χ4v) is 2.66. The summed E-state index contributed by atoms with van der Waals surface area (Å²) in [5.41, 5.74) is 0. The molecule has 0 aromatic rings. The van der Waals surface area contributed by atoms with Crippen LogP contribution in [0.25, 0.3) is 0 Å². The second-order valence-corrected chi connectivity index (χ2v) is 6.80. The van der Waals surface area contributed by atoms with Crippen LogP contribution < -0.4 is 0 Å². The van der Waals surface area contributed by atoms with Gasteiger partial charge >= 0.3 is 15.4 Å². The molecular formula is C6H13BO9P2. The van der Waals surface area contributed by atoms with Crippen LogP contribution >= 0.6 is 15.4 Å². The lowest BCUT2D eigenvalue weighted by atomic mass is 9.87. The van der Waals surface area contributed by atoms with Gasteiger partial charge < -0.3 is 29.0 Å². The fraction of sp³-hybridized carbons (Fsp3) is 1.00. The maximum Gasteiger partial charge on any atom is 0.470 e. The minimum atomic E-state index is -4.84. The van der Waals surface area contributed by atoms with Gasteiger partial charge in [0.05, 0.1) is 6.61 Å². The number of aliphatic hydroxyl groups is 1.